The fraction of sp³-hybridized carbons (Fsp3) is 0.462. The van der Waals surface area contributed by atoms with Gasteiger partial charge >= 0.3 is 0 Å². The van der Waals surface area contributed by atoms with Crippen LogP contribution in [0.2, 0.25) is 0 Å². The van der Waals surface area contributed by atoms with Crippen LogP contribution in [0.5, 0.6) is 5.75 Å². The summed E-state index contributed by atoms with van der Waals surface area (Å²) in [5.41, 5.74) is 6.08. The predicted molar refractivity (Wildman–Crippen MR) is 78.0 cm³/mol. The molecular weight excluding hydrogens is 312 g/mol. The number of methoxy groups -OCH3 is 1. The number of amidine groups is 1. The van der Waals surface area contributed by atoms with E-state index in [-0.39, 0.29) is 5.84 Å². The quantitative estimate of drug-likeness (QED) is 0.413. The maximum Gasteiger partial charge on any atom is 0.131 e. The highest BCUT2D eigenvalue weighted by molar-refractivity contribution is 9.10. The van der Waals surface area contributed by atoms with Crippen LogP contribution >= 0.6 is 15.9 Å². The van der Waals surface area contributed by atoms with E-state index in [9.17, 15) is 0 Å². The van der Waals surface area contributed by atoms with Crippen LogP contribution in [-0.2, 0) is 9.47 Å². The lowest BCUT2D eigenvalue weighted by Crippen LogP contribution is -2.15. The summed E-state index contributed by atoms with van der Waals surface area (Å²) >= 11 is 3.36. The normalized spacial score (nSPS) is 10.4. The summed E-state index contributed by atoms with van der Waals surface area (Å²) in [6.45, 7) is 2.26. The SMILES string of the molecule is COCCCOCCOc1cc(Br)ccc1C(=N)N. The molecule has 0 fully saturated rings. The van der Waals surface area contributed by atoms with Gasteiger partial charge in [-0.15, -0.1) is 0 Å². The van der Waals surface area contributed by atoms with E-state index < -0.39 is 0 Å². The Morgan fingerprint density at radius 2 is 2.05 bits per heavy atom. The lowest BCUT2D eigenvalue weighted by Gasteiger charge is -2.11. The van der Waals surface area contributed by atoms with Crippen molar-refractivity contribution >= 4 is 21.8 Å². The molecule has 3 N–H and O–H groups in total. The number of ether oxygens (including phenoxy) is 3. The first-order valence-electron chi connectivity index (χ1n) is 5.98. The van der Waals surface area contributed by atoms with Crippen molar-refractivity contribution in [1.29, 1.82) is 5.41 Å². The molecule has 0 aromatic heterocycles. The third kappa shape index (κ3) is 6.04. The molecule has 6 heteroatoms. The van der Waals surface area contributed by atoms with Crippen molar-refractivity contribution in [3.8, 4) is 5.75 Å². The molecule has 0 amide bonds. The fourth-order valence-electron chi connectivity index (χ4n) is 1.46. The fourth-order valence-corrected chi connectivity index (χ4v) is 1.80. The smallest absolute Gasteiger partial charge is 0.131 e. The van der Waals surface area contributed by atoms with Crippen LogP contribution in [0.25, 0.3) is 0 Å². The molecule has 0 aliphatic carbocycles. The van der Waals surface area contributed by atoms with Crippen molar-refractivity contribution < 1.29 is 14.2 Å². The van der Waals surface area contributed by atoms with Crippen molar-refractivity contribution in [1.82, 2.24) is 0 Å². The van der Waals surface area contributed by atoms with Crippen molar-refractivity contribution in [3.63, 3.8) is 0 Å². The van der Waals surface area contributed by atoms with Crippen LogP contribution in [-0.4, -0.2) is 39.4 Å². The molecule has 1 rings (SSSR count). The van der Waals surface area contributed by atoms with Crippen LogP contribution in [0.4, 0.5) is 0 Å². The minimum atomic E-state index is -0.0106. The van der Waals surface area contributed by atoms with Gasteiger partial charge in [-0.2, -0.15) is 0 Å². The molecule has 0 spiro atoms. The Morgan fingerprint density at radius 1 is 1.26 bits per heavy atom. The topological polar surface area (TPSA) is 77.6 Å². The second-order valence-electron chi connectivity index (χ2n) is 3.86. The highest BCUT2D eigenvalue weighted by Gasteiger charge is 2.07. The van der Waals surface area contributed by atoms with Gasteiger partial charge in [-0.25, -0.2) is 0 Å². The standard InChI is InChI=1S/C13H19BrN2O3/c1-17-5-2-6-18-7-8-19-12-9-10(14)3-4-11(12)13(15)16/h3-4,9H,2,5-8H2,1H3,(H3,15,16). The molecule has 0 aliphatic heterocycles. The van der Waals surface area contributed by atoms with Crippen LogP contribution in [0, 0.1) is 5.41 Å². The summed E-state index contributed by atoms with van der Waals surface area (Å²) < 4.78 is 16.8. The van der Waals surface area contributed by atoms with E-state index >= 15 is 0 Å². The van der Waals surface area contributed by atoms with Gasteiger partial charge in [0, 0.05) is 24.8 Å². The van der Waals surface area contributed by atoms with Gasteiger partial charge in [0.05, 0.1) is 12.2 Å². The molecule has 0 bridgehead atoms. The summed E-state index contributed by atoms with van der Waals surface area (Å²) in [6.07, 6.45) is 0.867. The Morgan fingerprint density at radius 3 is 2.74 bits per heavy atom. The van der Waals surface area contributed by atoms with E-state index in [0.29, 0.717) is 37.7 Å². The molecule has 0 atom stereocenters. The van der Waals surface area contributed by atoms with Gasteiger partial charge < -0.3 is 19.9 Å². The van der Waals surface area contributed by atoms with Crippen molar-refractivity contribution in [3.05, 3.63) is 28.2 Å². The summed E-state index contributed by atoms with van der Waals surface area (Å²) in [5, 5.41) is 7.48. The molecule has 0 unspecified atom stereocenters. The zero-order valence-corrected chi connectivity index (χ0v) is 12.5. The molecule has 1 aromatic carbocycles. The minimum Gasteiger partial charge on any atom is -0.490 e. The molecule has 0 saturated heterocycles. The maximum atomic E-state index is 7.48. The molecule has 19 heavy (non-hydrogen) atoms. The van der Waals surface area contributed by atoms with Gasteiger partial charge in [0.1, 0.15) is 18.2 Å². The molecule has 0 saturated carbocycles. The number of hydrogen-bond acceptors (Lipinski definition) is 4. The Labute approximate surface area is 121 Å². The molecule has 1 aromatic rings. The summed E-state index contributed by atoms with van der Waals surface area (Å²) in [4.78, 5) is 0. The highest BCUT2D eigenvalue weighted by atomic mass is 79.9. The number of nitrogens with one attached hydrogen (secondary N) is 1. The third-order valence-corrected chi connectivity index (χ3v) is 2.85. The summed E-state index contributed by atoms with van der Waals surface area (Å²) in [6, 6.07) is 5.37. The summed E-state index contributed by atoms with van der Waals surface area (Å²) in [7, 11) is 1.67. The number of nitrogens with two attached hydrogens (primary N) is 1. The number of hydrogen-bond donors (Lipinski definition) is 2. The van der Waals surface area contributed by atoms with Crippen LogP contribution in [0.1, 0.15) is 12.0 Å². The lowest BCUT2D eigenvalue weighted by molar-refractivity contribution is 0.0806. The predicted octanol–water partition coefficient (Wildman–Crippen LogP) is 2.17. The van der Waals surface area contributed by atoms with Crippen LogP contribution < -0.4 is 10.5 Å². The van der Waals surface area contributed by atoms with Crippen molar-refractivity contribution in [2.45, 2.75) is 6.42 Å². The molecule has 0 radical (unpaired) electrons. The van der Waals surface area contributed by atoms with E-state index in [0.717, 1.165) is 10.9 Å². The van der Waals surface area contributed by atoms with Gasteiger partial charge in [0.15, 0.2) is 0 Å². The minimum absolute atomic E-state index is 0.0106. The first-order valence-corrected chi connectivity index (χ1v) is 6.78. The summed E-state index contributed by atoms with van der Waals surface area (Å²) in [5.74, 6) is 0.575. The number of benzene rings is 1. The Hall–Kier alpha value is -1.11. The van der Waals surface area contributed by atoms with E-state index in [1.54, 1.807) is 19.2 Å². The maximum absolute atomic E-state index is 7.48. The molecular formula is C13H19BrN2O3. The average molecular weight is 331 g/mol. The number of rotatable bonds is 9. The van der Waals surface area contributed by atoms with Crippen molar-refractivity contribution in [2.75, 3.05) is 33.5 Å². The molecule has 5 nitrogen and oxygen atoms in total. The molecule has 0 heterocycles. The van der Waals surface area contributed by atoms with Crippen LogP contribution in [0.3, 0.4) is 0 Å². The second kappa shape index (κ2) is 8.90. The largest absolute Gasteiger partial charge is 0.490 e. The van der Waals surface area contributed by atoms with Gasteiger partial charge in [0.25, 0.3) is 0 Å². The first kappa shape index (κ1) is 15.9. The zero-order valence-electron chi connectivity index (χ0n) is 10.9. The third-order valence-electron chi connectivity index (χ3n) is 2.36. The Kier molecular flexibility index (Phi) is 7.47. The first-order chi connectivity index (χ1) is 9.15. The van der Waals surface area contributed by atoms with E-state index in [1.807, 2.05) is 6.07 Å². The molecule has 106 valence electrons. The average Bonchev–Trinajstić information content (AvgIpc) is 2.37. The lowest BCUT2D eigenvalue weighted by atomic mass is 10.2. The second-order valence-corrected chi connectivity index (χ2v) is 4.78. The van der Waals surface area contributed by atoms with Crippen LogP contribution in [0.15, 0.2) is 22.7 Å². The monoisotopic (exact) mass is 330 g/mol. The number of halogens is 1. The van der Waals surface area contributed by atoms with Gasteiger partial charge in [0.2, 0.25) is 0 Å². The Bertz CT molecular complexity index is 413. The number of nitrogen functional groups attached to an aromatic ring is 1. The van der Waals surface area contributed by atoms with Gasteiger partial charge in [-0.05, 0) is 24.6 Å². The van der Waals surface area contributed by atoms with E-state index in [1.165, 1.54) is 0 Å². The van der Waals surface area contributed by atoms with Gasteiger partial charge in [-0.3, -0.25) is 5.41 Å². The van der Waals surface area contributed by atoms with E-state index in [4.69, 9.17) is 25.4 Å². The highest BCUT2D eigenvalue weighted by Crippen LogP contribution is 2.23. The van der Waals surface area contributed by atoms with Crippen molar-refractivity contribution in [2.24, 2.45) is 5.73 Å². The van der Waals surface area contributed by atoms with E-state index in [2.05, 4.69) is 15.9 Å². The molecule has 0 aliphatic rings. The Balaban J connectivity index is 2.36. The van der Waals surface area contributed by atoms with Gasteiger partial charge in [-0.1, -0.05) is 15.9 Å². The zero-order chi connectivity index (χ0) is 14.1.